The fourth-order valence-electron chi connectivity index (χ4n) is 2.64. The number of rotatable bonds is 5. The first-order valence-electron chi connectivity index (χ1n) is 6.74. The molecule has 104 valence electrons. The van der Waals surface area contributed by atoms with Gasteiger partial charge in [-0.15, -0.1) is 0 Å². The maximum atomic E-state index is 10.6. The number of carboxylic acid groups (broad SMARTS) is 1. The molecule has 1 aliphatic rings. The van der Waals surface area contributed by atoms with E-state index in [1.54, 1.807) is 0 Å². The molecule has 1 heterocycles. The van der Waals surface area contributed by atoms with E-state index in [9.17, 15) is 4.79 Å². The van der Waals surface area contributed by atoms with Crippen LogP contribution in [0, 0.1) is 12.8 Å². The highest BCUT2D eigenvalue weighted by Gasteiger charge is 2.23. The molecule has 1 aromatic carbocycles. The molecule has 1 N–H and O–H groups in total. The summed E-state index contributed by atoms with van der Waals surface area (Å²) in [5.74, 6) is -0.180. The molecule has 0 radical (unpaired) electrons. The molecule has 1 saturated heterocycles. The van der Waals surface area contributed by atoms with Gasteiger partial charge in [0, 0.05) is 24.5 Å². The lowest BCUT2D eigenvalue weighted by Gasteiger charge is -2.17. The maximum Gasteiger partial charge on any atom is 0.303 e. The van der Waals surface area contributed by atoms with Crippen LogP contribution in [0.5, 0.6) is 0 Å². The van der Waals surface area contributed by atoms with Crippen molar-refractivity contribution in [1.29, 1.82) is 0 Å². The Morgan fingerprint density at radius 1 is 1.53 bits per heavy atom. The predicted octanol–water partition coefficient (Wildman–Crippen LogP) is 3.34. The Hall–Kier alpha value is -1.06. The highest BCUT2D eigenvalue weighted by Crippen LogP contribution is 2.25. The molecule has 1 aliphatic heterocycles. The van der Waals surface area contributed by atoms with E-state index in [0.717, 1.165) is 43.1 Å². The third-order valence-electron chi connectivity index (χ3n) is 3.74. The van der Waals surface area contributed by atoms with Crippen LogP contribution < -0.4 is 0 Å². The number of benzene rings is 1. The summed E-state index contributed by atoms with van der Waals surface area (Å²) < 4.78 is 0. The minimum Gasteiger partial charge on any atom is -0.481 e. The second-order valence-electron chi connectivity index (χ2n) is 5.42. The van der Waals surface area contributed by atoms with Crippen LogP contribution in [0.4, 0.5) is 0 Å². The third kappa shape index (κ3) is 4.22. The monoisotopic (exact) mass is 281 g/mol. The first-order chi connectivity index (χ1) is 9.04. The summed E-state index contributed by atoms with van der Waals surface area (Å²) in [7, 11) is 0. The maximum absolute atomic E-state index is 10.6. The first-order valence-corrected chi connectivity index (χ1v) is 7.11. The van der Waals surface area contributed by atoms with Crippen LogP contribution in [0.3, 0.4) is 0 Å². The molecule has 0 amide bonds. The van der Waals surface area contributed by atoms with Crippen molar-refractivity contribution in [3.63, 3.8) is 0 Å². The van der Waals surface area contributed by atoms with Crippen LogP contribution >= 0.6 is 11.6 Å². The third-order valence-corrected chi connectivity index (χ3v) is 4.09. The van der Waals surface area contributed by atoms with Gasteiger partial charge in [0.15, 0.2) is 0 Å². The number of hydrogen-bond acceptors (Lipinski definition) is 2. The molecule has 3 nitrogen and oxygen atoms in total. The second-order valence-corrected chi connectivity index (χ2v) is 5.82. The minimum absolute atomic E-state index is 0.282. The first kappa shape index (κ1) is 14.4. The lowest BCUT2D eigenvalue weighted by atomic mass is 10.0. The highest BCUT2D eigenvalue weighted by molar-refractivity contribution is 6.31. The average Bonchev–Trinajstić information content (AvgIpc) is 2.78. The molecule has 2 rings (SSSR count). The number of carbonyl (C=O) groups is 1. The van der Waals surface area contributed by atoms with Gasteiger partial charge < -0.3 is 5.11 Å². The predicted molar refractivity (Wildman–Crippen MR) is 76.4 cm³/mol. The SMILES string of the molecule is Cc1ccc(CN2CCC(CCC(=O)O)C2)c(Cl)c1. The van der Waals surface area contributed by atoms with Gasteiger partial charge in [-0.1, -0.05) is 23.7 Å². The molecule has 0 bridgehead atoms. The summed E-state index contributed by atoms with van der Waals surface area (Å²) in [6, 6.07) is 6.16. The van der Waals surface area contributed by atoms with E-state index in [-0.39, 0.29) is 6.42 Å². The molecule has 1 atom stereocenters. The van der Waals surface area contributed by atoms with Gasteiger partial charge in [0.2, 0.25) is 0 Å². The van der Waals surface area contributed by atoms with Crippen molar-refractivity contribution in [3.8, 4) is 0 Å². The molecule has 0 spiro atoms. The molecular weight excluding hydrogens is 262 g/mol. The van der Waals surface area contributed by atoms with Crippen molar-refractivity contribution in [1.82, 2.24) is 4.90 Å². The lowest BCUT2D eigenvalue weighted by Crippen LogP contribution is -2.20. The molecule has 1 aromatic rings. The van der Waals surface area contributed by atoms with Crippen LogP contribution in [-0.2, 0) is 11.3 Å². The zero-order chi connectivity index (χ0) is 13.8. The standard InChI is InChI=1S/C15H20ClNO2/c1-11-2-4-13(14(16)8-11)10-17-7-6-12(9-17)3-5-15(18)19/h2,4,8,12H,3,5-7,9-10H2,1H3,(H,18,19). The Morgan fingerprint density at radius 3 is 3.00 bits per heavy atom. The van der Waals surface area contributed by atoms with E-state index in [4.69, 9.17) is 16.7 Å². The minimum atomic E-state index is -0.694. The van der Waals surface area contributed by atoms with Crippen LogP contribution in [0.15, 0.2) is 18.2 Å². The molecule has 0 saturated carbocycles. The molecule has 0 aliphatic carbocycles. The lowest BCUT2D eigenvalue weighted by molar-refractivity contribution is -0.137. The number of aliphatic carboxylic acids is 1. The Morgan fingerprint density at radius 2 is 2.32 bits per heavy atom. The van der Waals surface area contributed by atoms with Crippen molar-refractivity contribution in [3.05, 3.63) is 34.3 Å². The van der Waals surface area contributed by atoms with Crippen LogP contribution in [0.25, 0.3) is 0 Å². The second kappa shape index (κ2) is 6.40. The number of aryl methyl sites for hydroxylation is 1. The van der Waals surface area contributed by atoms with E-state index in [1.165, 1.54) is 5.56 Å². The summed E-state index contributed by atoms with van der Waals surface area (Å²) in [5.41, 5.74) is 2.33. The average molecular weight is 282 g/mol. The van der Waals surface area contributed by atoms with Crippen LogP contribution in [0.2, 0.25) is 5.02 Å². The van der Waals surface area contributed by atoms with E-state index in [0.29, 0.717) is 5.92 Å². The van der Waals surface area contributed by atoms with Crippen molar-refractivity contribution in [2.75, 3.05) is 13.1 Å². The Kier molecular flexibility index (Phi) is 4.83. The zero-order valence-corrected chi connectivity index (χ0v) is 12.0. The molecule has 19 heavy (non-hydrogen) atoms. The summed E-state index contributed by atoms with van der Waals surface area (Å²) in [4.78, 5) is 12.9. The molecule has 4 heteroatoms. The van der Waals surface area contributed by atoms with E-state index in [2.05, 4.69) is 17.0 Å². The van der Waals surface area contributed by atoms with Gasteiger partial charge in [-0.2, -0.15) is 0 Å². The van der Waals surface area contributed by atoms with Crippen LogP contribution in [0.1, 0.15) is 30.4 Å². The molecule has 1 unspecified atom stereocenters. The summed E-state index contributed by atoms with van der Waals surface area (Å²) in [6.45, 7) is 4.92. The fraction of sp³-hybridized carbons (Fsp3) is 0.533. The van der Waals surface area contributed by atoms with Crippen molar-refractivity contribution in [2.45, 2.75) is 32.7 Å². The quantitative estimate of drug-likeness (QED) is 0.900. The highest BCUT2D eigenvalue weighted by atomic mass is 35.5. The number of hydrogen-bond donors (Lipinski definition) is 1. The summed E-state index contributed by atoms with van der Waals surface area (Å²) in [5, 5.41) is 9.53. The summed E-state index contributed by atoms with van der Waals surface area (Å²) >= 11 is 6.24. The van der Waals surface area contributed by atoms with Gasteiger partial charge in [0.25, 0.3) is 0 Å². The van der Waals surface area contributed by atoms with Gasteiger partial charge in [-0.3, -0.25) is 9.69 Å². The normalized spacial score (nSPS) is 19.8. The van der Waals surface area contributed by atoms with Crippen molar-refractivity contribution >= 4 is 17.6 Å². The fourth-order valence-corrected chi connectivity index (χ4v) is 2.94. The molecule has 1 fully saturated rings. The van der Waals surface area contributed by atoms with E-state index < -0.39 is 5.97 Å². The largest absolute Gasteiger partial charge is 0.481 e. The van der Waals surface area contributed by atoms with Gasteiger partial charge >= 0.3 is 5.97 Å². The smallest absolute Gasteiger partial charge is 0.303 e. The Balaban J connectivity index is 1.86. The summed E-state index contributed by atoms with van der Waals surface area (Å²) in [6.07, 6.45) is 2.16. The van der Waals surface area contributed by atoms with Gasteiger partial charge in [-0.25, -0.2) is 0 Å². The van der Waals surface area contributed by atoms with Gasteiger partial charge in [0.1, 0.15) is 0 Å². The molecule has 0 aromatic heterocycles. The van der Waals surface area contributed by atoms with Crippen molar-refractivity contribution < 1.29 is 9.90 Å². The van der Waals surface area contributed by atoms with Crippen LogP contribution in [-0.4, -0.2) is 29.1 Å². The zero-order valence-electron chi connectivity index (χ0n) is 11.2. The number of carboxylic acids is 1. The van der Waals surface area contributed by atoms with Crippen molar-refractivity contribution in [2.24, 2.45) is 5.92 Å². The topological polar surface area (TPSA) is 40.5 Å². The van der Waals surface area contributed by atoms with Gasteiger partial charge in [-0.05, 0) is 49.4 Å². The van der Waals surface area contributed by atoms with E-state index >= 15 is 0 Å². The number of nitrogens with zero attached hydrogens (tertiary/aromatic N) is 1. The molecular formula is C15H20ClNO2. The van der Waals surface area contributed by atoms with E-state index in [1.807, 2.05) is 13.0 Å². The Bertz CT molecular complexity index is 461. The Labute approximate surface area is 119 Å². The van der Waals surface area contributed by atoms with Gasteiger partial charge in [0.05, 0.1) is 0 Å². The number of likely N-dealkylation sites (tertiary alicyclic amines) is 1. The number of halogens is 1.